The Labute approximate surface area is 157 Å². The molecule has 0 saturated heterocycles. The van der Waals surface area contributed by atoms with Crippen molar-refractivity contribution in [3.05, 3.63) is 29.8 Å². The Bertz CT molecular complexity index is 541. The normalized spacial score (nSPS) is 11.7. The van der Waals surface area contributed by atoms with Crippen LogP contribution in [0.3, 0.4) is 0 Å². The highest BCUT2D eigenvalue weighted by Gasteiger charge is 2.21. The van der Waals surface area contributed by atoms with Crippen molar-refractivity contribution in [2.75, 3.05) is 26.8 Å². The van der Waals surface area contributed by atoms with Crippen molar-refractivity contribution in [2.45, 2.75) is 52.9 Å². The fraction of sp³-hybridized carbons (Fsp3) is 0.619. The van der Waals surface area contributed by atoms with Crippen LogP contribution in [0.15, 0.2) is 24.3 Å². The summed E-state index contributed by atoms with van der Waals surface area (Å²) in [7, 11) is 1.37. The lowest BCUT2D eigenvalue weighted by molar-refractivity contribution is -0.146. The first-order valence-electron chi connectivity index (χ1n) is 9.59. The van der Waals surface area contributed by atoms with Crippen LogP contribution < -0.4 is 4.74 Å². The Morgan fingerprint density at radius 3 is 2.35 bits per heavy atom. The summed E-state index contributed by atoms with van der Waals surface area (Å²) in [6.45, 7) is 7.00. The number of hydrogen-bond acceptors (Lipinski definition) is 4. The molecule has 1 aromatic rings. The molecule has 0 radical (unpaired) electrons. The minimum absolute atomic E-state index is 0.0207. The van der Waals surface area contributed by atoms with Crippen molar-refractivity contribution < 1.29 is 19.1 Å². The fourth-order valence-corrected chi connectivity index (χ4v) is 2.71. The van der Waals surface area contributed by atoms with Gasteiger partial charge in [0.25, 0.3) is 5.91 Å². The maximum absolute atomic E-state index is 12.6. The summed E-state index contributed by atoms with van der Waals surface area (Å²) in [5.74, 6) is -0.0642. The molecule has 0 spiro atoms. The van der Waals surface area contributed by atoms with E-state index in [2.05, 4.69) is 13.8 Å². The van der Waals surface area contributed by atoms with Gasteiger partial charge in [-0.2, -0.15) is 0 Å². The topological polar surface area (TPSA) is 55.8 Å². The number of aryl methyl sites for hydroxylation is 1. The van der Waals surface area contributed by atoms with E-state index in [1.807, 2.05) is 24.3 Å². The second kappa shape index (κ2) is 12.3. The molecular weight excluding hydrogens is 330 g/mol. The number of rotatable bonds is 12. The molecule has 0 bridgehead atoms. The molecular formula is C21H33NO4. The molecule has 0 heterocycles. The second-order valence-corrected chi connectivity index (χ2v) is 6.61. The minimum Gasteiger partial charge on any atom is -0.484 e. The monoisotopic (exact) mass is 363 g/mol. The van der Waals surface area contributed by atoms with Gasteiger partial charge in [0.15, 0.2) is 6.61 Å². The molecule has 5 heteroatoms. The number of carbonyl (C=O) groups is 2. The van der Waals surface area contributed by atoms with Crippen molar-refractivity contribution in [3.63, 3.8) is 0 Å². The van der Waals surface area contributed by atoms with Gasteiger partial charge in [-0.1, -0.05) is 52.2 Å². The first-order valence-corrected chi connectivity index (χ1v) is 9.59. The molecule has 0 N–H and O–H groups in total. The van der Waals surface area contributed by atoms with E-state index < -0.39 is 0 Å². The zero-order valence-electron chi connectivity index (χ0n) is 16.6. The van der Waals surface area contributed by atoms with E-state index in [1.54, 1.807) is 11.8 Å². The van der Waals surface area contributed by atoms with E-state index in [-0.39, 0.29) is 24.4 Å². The largest absolute Gasteiger partial charge is 0.484 e. The average molecular weight is 363 g/mol. The van der Waals surface area contributed by atoms with Gasteiger partial charge >= 0.3 is 5.97 Å². The first-order chi connectivity index (χ1) is 12.5. The Morgan fingerprint density at radius 2 is 1.77 bits per heavy atom. The third kappa shape index (κ3) is 7.89. The van der Waals surface area contributed by atoms with Crippen molar-refractivity contribution in [1.82, 2.24) is 4.90 Å². The molecule has 0 saturated carbocycles. The summed E-state index contributed by atoms with van der Waals surface area (Å²) >= 11 is 0. The number of ether oxygens (including phenoxy) is 2. The third-order valence-corrected chi connectivity index (χ3v) is 4.43. The Balaban J connectivity index is 2.60. The van der Waals surface area contributed by atoms with E-state index in [1.165, 1.54) is 12.7 Å². The lowest BCUT2D eigenvalue weighted by Crippen LogP contribution is -2.40. The fourth-order valence-electron chi connectivity index (χ4n) is 2.71. The lowest BCUT2D eigenvalue weighted by Gasteiger charge is -2.25. The highest BCUT2D eigenvalue weighted by atomic mass is 16.5. The van der Waals surface area contributed by atoms with Crippen LogP contribution in [0.25, 0.3) is 0 Å². The molecule has 146 valence electrons. The molecule has 0 aliphatic carbocycles. The SMILES string of the molecule is CCCCCCN(CC(C)C(=O)OC)C(=O)COc1ccc(CC)cc1. The maximum atomic E-state index is 12.6. The highest BCUT2D eigenvalue weighted by Crippen LogP contribution is 2.13. The van der Waals surface area contributed by atoms with Crippen molar-refractivity contribution in [2.24, 2.45) is 5.92 Å². The van der Waals surface area contributed by atoms with Gasteiger partial charge in [0.1, 0.15) is 5.75 Å². The predicted octanol–water partition coefficient (Wildman–Crippen LogP) is 3.85. The summed E-state index contributed by atoms with van der Waals surface area (Å²) < 4.78 is 10.4. The van der Waals surface area contributed by atoms with Crippen LogP contribution in [-0.4, -0.2) is 43.6 Å². The first kappa shape index (κ1) is 22.0. The number of methoxy groups -OCH3 is 1. The number of unbranched alkanes of at least 4 members (excludes halogenated alkanes) is 3. The third-order valence-electron chi connectivity index (χ3n) is 4.43. The minimum atomic E-state index is -0.348. The summed E-state index contributed by atoms with van der Waals surface area (Å²) in [6, 6.07) is 7.77. The van der Waals surface area contributed by atoms with Gasteiger partial charge in [0, 0.05) is 13.1 Å². The van der Waals surface area contributed by atoms with Gasteiger partial charge < -0.3 is 14.4 Å². The predicted molar refractivity (Wildman–Crippen MR) is 103 cm³/mol. The van der Waals surface area contributed by atoms with Crippen molar-refractivity contribution in [3.8, 4) is 5.75 Å². The zero-order valence-corrected chi connectivity index (χ0v) is 16.6. The Hall–Kier alpha value is -2.04. The molecule has 0 aliphatic heterocycles. The van der Waals surface area contributed by atoms with Crippen LogP contribution >= 0.6 is 0 Å². The number of amides is 1. The average Bonchev–Trinajstić information content (AvgIpc) is 2.67. The summed E-state index contributed by atoms with van der Waals surface area (Å²) in [4.78, 5) is 26.0. The maximum Gasteiger partial charge on any atom is 0.310 e. The van der Waals surface area contributed by atoms with Crippen molar-refractivity contribution in [1.29, 1.82) is 0 Å². The molecule has 0 aromatic heterocycles. The number of hydrogen-bond donors (Lipinski definition) is 0. The van der Waals surface area contributed by atoms with E-state index in [4.69, 9.17) is 9.47 Å². The van der Waals surface area contributed by atoms with Crippen LogP contribution in [-0.2, 0) is 20.7 Å². The van der Waals surface area contributed by atoms with Crippen LogP contribution in [0.1, 0.15) is 52.0 Å². The van der Waals surface area contributed by atoms with E-state index in [0.717, 1.165) is 32.1 Å². The number of nitrogens with zero attached hydrogens (tertiary/aromatic N) is 1. The summed E-state index contributed by atoms with van der Waals surface area (Å²) in [5.41, 5.74) is 1.23. The van der Waals surface area contributed by atoms with Crippen molar-refractivity contribution >= 4 is 11.9 Å². The van der Waals surface area contributed by atoms with E-state index in [9.17, 15) is 9.59 Å². The Kier molecular flexibility index (Phi) is 10.4. The number of carbonyl (C=O) groups excluding carboxylic acids is 2. The molecule has 0 aliphatic rings. The van der Waals surface area contributed by atoms with Crippen LogP contribution in [0.2, 0.25) is 0 Å². The molecule has 1 amide bonds. The van der Waals surface area contributed by atoms with Crippen LogP contribution in [0.4, 0.5) is 0 Å². The van der Waals surface area contributed by atoms with Gasteiger partial charge in [-0.25, -0.2) is 0 Å². The molecule has 1 atom stereocenters. The summed E-state index contributed by atoms with van der Waals surface area (Å²) in [5, 5.41) is 0. The molecule has 1 unspecified atom stereocenters. The number of benzene rings is 1. The lowest BCUT2D eigenvalue weighted by atomic mass is 10.1. The molecule has 1 aromatic carbocycles. The molecule has 1 rings (SSSR count). The van der Waals surface area contributed by atoms with E-state index >= 15 is 0 Å². The van der Waals surface area contributed by atoms with Gasteiger partial charge in [-0.05, 0) is 30.5 Å². The van der Waals surface area contributed by atoms with Gasteiger partial charge in [-0.3, -0.25) is 9.59 Å². The van der Waals surface area contributed by atoms with E-state index in [0.29, 0.717) is 18.8 Å². The molecule has 0 fully saturated rings. The second-order valence-electron chi connectivity index (χ2n) is 6.61. The standard InChI is InChI=1S/C21H33NO4/c1-5-7-8-9-14-22(15-17(3)21(24)25-4)20(23)16-26-19-12-10-18(6-2)11-13-19/h10-13,17H,5-9,14-16H2,1-4H3. The van der Waals surface area contributed by atoms with Gasteiger partial charge in [0.2, 0.25) is 0 Å². The quantitative estimate of drug-likeness (QED) is 0.418. The molecule has 5 nitrogen and oxygen atoms in total. The highest BCUT2D eigenvalue weighted by molar-refractivity contribution is 5.79. The van der Waals surface area contributed by atoms with Crippen LogP contribution in [0.5, 0.6) is 5.75 Å². The van der Waals surface area contributed by atoms with Gasteiger partial charge in [-0.15, -0.1) is 0 Å². The molecule has 26 heavy (non-hydrogen) atoms. The number of esters is 1. The summed E-state index contributed by atoms with van der Waals surface area (Å²) in [6.07, 6.45) is 5.26. The van der Waals surface area contributed by atoms with Gasteiger partial charge in [0.05, 0.1) is 13.0 Å². The Morgan fingerprint density at radius 1 is 1.08 bits per heavy atom. The zero-order chi connectivity index (χ0) is 19.4. The van der Waals surface area contributed by atoms with Crippen LogP contribution in [0, 0.1) is 5.92 Å². The smallest absolute Gasteiger partial charge is 0.310 e.